The van der Waals surface area contributed by atoms with E-state index >= 15 is 0 Å². The molecule has 0 aliphatic rings. The maximum absolute atomic E-state index is 9.68. The zero-order valence-corrected chi connectivity index (χ0v) is 10.7. The van der Waals surface area contributed by atoms with Gasteiger partial charge >= 0.3 is 0 Å². The zero-order valence-electron chi connectivity index (χ0n) is 10.7. The van der Waals surface area contributed by atoms with E-state index in [9.17, 15) is 5.11 Å². The average Bonchev–Trinajstić information content (AvgIpc) is 2.34. The quantitative estimate of drug-likeness (QED) is 0.790. The second kappa shape index (κ2) is 5.69. The van der Waals surface area contributed by atoms with Crippen LogP contribution in [-0.2, 0) is 0 Å². The van der Waals surface area contributed by atoms with Crippen molar-refractivity contribution >= 4 is 0 Å². The summed E-state index contributed by atoms with van der Waals surface area (Å²) in [5.74, 6) is 0.777. The van der Waals surface area contributed by atoms with E-state index < -0.39 is 12.2 Å². The lowest BCUT2D eigenvalue weighted by atomic mass is 10.0. The molecular weight excluding hydrogens is 212 g/mol. The Hall–Kier alpha value is -1.54. The van der Waals surface area contributed by atoms with Crippen LogP contribution in [0.5, 0.6) is 5.75 Å². The van der Waals surface area contributed by atoms with Gasteiger partial charge in [-0.05, 0) is 49.6 Å². The Labute approximate surface area is 103 Å². The van der Waals surface area contributed by atoms with Crippen LogP contribution >= 0.6 is 0 Å². The Bertz CT molecular complexity index is 421. The number of aliphatic hydroxyl groups is 1. The van der Waals surface area contributed by atoms with Gasteiger partial charge in [0.2, 0.25) is 0 Å². The molecule has 0 fully saturated rings. The molecule has 0 saturated heterocycles. The van der Waals surface area contributed by atoms with Crippen LogP contribution in [0.25, 0.3) is 0 Å². The summed E-state index contributed by atoms with van der Waals surface area (Å²) in [6, 6.07) is 3.93. The number of aryl methyl sites for hydroxylation is 1. The molecule has 0 saturated carbocycles. The third-order valence-corrected chi connectivity index (χ3v) is 3.08. The minimum Gasteiger partial charge on any atom is -0.483 e. The minimum absolute atomic E-state index is 0.465. The van der Waals surface area contributed by atoms with Crippen molar-refractivity contribution in [2.75, 3.05) is 0 Å². The van der Waals surface area contributed by atoms with E-state index in [-0.39, 0.29) is 0 Å². The lowest BCUT2D eigenvalue weighted by Crippen LogP contribution is -2.28. The van der Waals surface area contributed by atoms with E-state index in [0.29, 0.717) is 0 Å². The third-order valence-electron chi connectivity index (χ3n) is 3.08. The molecule has 0 bridgehead atoms. The van der Waals surface area contributed by atoms with Crippen LogP contribution in [0.3, 0.4) is 0 Å². The van der Waals surface area contributed by atoms with Gasteiger partial charge in [-0.3, -0.25) is 0 Å². The summed E-state index contributed by atoms with van der Waals surface area (Å²) in [6.45, 7) is 13.3. The summed E-state index contributed by atoms with van der Waals surface area (Å²) in [6.07, 6.45) is 1.82. The topological polar surface area (TPSA) is 29.5 Å². The van der Waals surface area contributed by atoms with E-state index in [1.54, 1.807) is 6.08 Å². The molecule has 1 rings (SSSR count). The van der Waals surface area contributed by atoms with Gasteiger partial charge in [0.25, 0.3) is 0 Å². The first kappa shape index (κ1) is 13.5. The van der Waals surface area contributed by atoms with Crippen LogP contribution < -0.4 is 4.74 Å². The highest BCUT2D eigenvalue weighted by Gasteiger charge is 2.16. The Balaban J connectivity index is 2.98. The maximum atomic E-state index is 9.68. The highest BCUT2D eigenvalue weighted by Crippen LogP contribution is 2.25. The van der Waals surface area contributed by atoms with Gasteiger partial charge in [-0.2, -0.15) is 0 Å². The molecule has 1 aromatic rings. The number of rotatable bonds is 5. The van der Waals surface area contributed by atoms with Crippen molar-refractivity contribution in [3.8, 4) is 5.75 Å². The van der Waals surface area contributed by atoms with Gasteiger partial charge in [0.15, 0.2) is 0 Å². The van der Waals surface area contributed by atoms with Crippen molar-refractivity contribution < 1.29 is 9.84 Å². The monoisotopic (exact) mass is 232 g/mol. The predicted molar refractivity (Wildman–Crippen MR) is 71.5 cm³/mol. The molecule has 1 N–H and O–H groups in total. The van der Waals surface area contributed by atoms with E-state index in [1.165, 1.54) is 17.2 Å². The van der Waals surface area contributed by atoms with Crippen molar-refractivity contribution in [1.82, 2.24) is 0 Å². The average molecular weight is 232 g/mol. The fourth-order valence-electron chi connectivity index (χ4n) is 1.60. The van der Waals surface area contributed by atoms with Crippen LogP contribution in [0.2, 0.25) is 0 Å². The van der Waals surface area contributed by atoms with Crippen LogP contribution in [0, 0.1) is 20.8 Å². The lowest BCUT2D eigenvalue weighted by molar-refractivity contribution is 0.0973. The molecule has 0 spiro atoms. The van der Waals surface area contributed by atoms with Crippen molar-refractivity contribution in [3.63, 3.8) is 0 Å². The largest absolute Gasteiger partial charge is 0.483 e. The number of hydrogen-bond donors (Lipinski definition) is 1. The Morgan fingerprint density at radius 2 is 1.76 bits per heavy atom. The molecule has 2 heteroatoms. The van der Waals surface area contributed by atoms with E-state index in [0.717, 1.165) is 11.3 Å². The van der Waals surface area contributed by atoms with Crippen LogP contribution in [0.4, 0.5) is 0 Å². The molecule has 0 aliphatic heterocycles. The lowest BCUT2D eigenvalue weighted by Gasteiger charge is -2.21. The number of benzene rings is 1. The molecule has 0 amide bonds. The first-order valence-corrected chi connectivity index (χ1v) is 5.68. The summed E-state index contributed by atoms with van der Waals surface area (Å²) in [7, 11) is 0. The van der Waals surface area contributed by atoms with Gasteiger partial charge in [0.05, 0.1) is 0 Å². The Kier molecular flexibility index (Phi) is 4.53. The second-order valence-electron chi connectivity index (χ2n) is 4.18. The van der Waals surface area contributed by atoms with Gasteiger partial charge in [-0.1, -0.05) is 18.7 Å². The first-order valence-electron chi connectivity index (χ1n) is 5.68. The molecule has 0 aromatic heterocycles. The summed E-state index contributed by atoms with van der Waals surface area (Å²) < 4.78 is 5.74. The molecule has 92 valence electrons. The zero-order chi connectivity index (χ0) is 13.0. The summed E-state index contributed by atoms with van der Waals surface area (Å²) in [5.41, 5.74) is 3.53. The summed E-state index contributed by atoms with van der Waals surface area (Å²) in [5, 5.41) is 9.68. The van der Waals surface area contributed by atoms with Crippen molar-refractivity contribution in [1.29, 1.82) is 0 Å². The molecule has 2 atom stereocenters. The summed E-state index contributed by atoms with van der Waals surface area (Å²) in [4.78, 5) is 0. The van der Waals surface area contributed by atoms with Gasteiger partial charge in [-0.15, -0.1) is 6.58 Å². The highest BCUT2D eigenvalue weighted by molar-refractivity contribution is 5.43. The van der Waals surface area contributed by atoms with Gasteiger partial charge in [0.1, 0.15) is 18.0 Å². The number of aliphatic hydroxyl groups excluding tert-OH is 1. The molecule has 0 heterocycles. The molecule has 0 aliphatic carbocycles. The van der Waals surface area contributed by atoms with E-state index in [1.807, 2.05) is 19.1 Å². The smallest absolute Gasteiger partial charge is 0.146 e. The van der Waals surface area contributed by atoms with Crippen molar-refractivity contribution in [3.05, 3.63) is 54.1 Å². The Morgan fingerprint density at radius 3 is 2.29 bits per heavy atom. The molecule has 17 heavy (non-hydrogen) atoms. The molecule has 2 nitrogen and oxygen atoms in total. The SMILES string of the molecule is C=CC(Oc1ccc(C)c(C)c1C)[C@@H](O)C=C. The molecule has 1 aromatic carbocycles. The van der Waals surface area contributed by atoms with Gasteiger partial charge in [-0.25, -0.2) is 0 Å². The maximum Gasteiger partial charge on any atom is 0.146 e. The standard InChI is InChI=1S/C15H20O2/c1-6-13(16)14(7-2)17-15-9-8-10(3)11(4)12(15)5/h6-9,13-14,16H,1-2H2,3-5H3/t13-,14?/m0/s1. The fraction of sp³-hybridized carbons (Fsp3) is 0.333. The fourth-order valence-corrected chi connectivity index (χ4v) is 1.60. The van der Waals surface area contributed by atoms with Gasteiger partial charge < -0.3 is 9.84 Å². The van der Waals surface area contributed by atoms with Crippen LogP contribution in [0.1, 0.15) is 16.7 Å². The molecule has 0 radical (unpaired) electrons. The highest BCUT2D eigenvalue weighted by atomic mass is 16.5. The van der Waals surface area contributed by atoms with Gasteiger partial charge in [0, 0.05) is 0 Å². The molecular formula is C15H20O2. The van der Waals surface area contributed by atoms with Crippen LogP contribution in [-0.4, -0.2) is 17.3 Å². The second-order valence-corrected chi connectivity index (χ2v) is 4.18. The van der Waals surface area contributed by atoms with E-state index in [4.69, 9.17) is 4.74 Å². The normalized spacial score (nSPS) is 13.9. The number of hydrogen-bond acceptors (Lipinski definition) is 2. The van der Waals surface area contributed by atoms with Crippen molar-refractivity contribution in [2.45, 2.75) is 33.0 Å². The minimum atomic E-state index is -0.742. The van der Waals surface area contributed by atoms with Crippen molar-refractivity contribution in [2.24, 2.45) is 0 Å². The summed E-state index contributed by atoms with van der Waals surface area (Å²) >= 11 is 0. The Morgan fingerprint density at radius 1 is 1.12 bits per heavy atom. The number of ether oxygens (including phenoxy) is 1. The molecule has 1 unspecified atom stereocenters. The van der Waals surface area contributed by atoms with Crippen LogP contribution in [0.15, 0.2) is 37.4 Å². The van der Waals surface area contributed by atoms with E-state index in [2.05, 4.69) is 27.0 Å². The first-order chi connectivity index (χ1) is 8.01. The third kappa shape index (κ3) is 2.98. The predicted octanol–water partition coefficient (Wildman–Crippen LogP) is 3.09.